The van der Waals surface area contributed by atoms with E-state index < -0.39 is 0 Å². The second-order valence-corrected chi connectivity index (χ2v) is 8.44. The molecule has 4 rings (SSSR count). The van der Waals surface area contributed by atoms with E-state index in [-0.39, 0.29) is 24.2 Å². The topological polar surface area (TPSA) is 103 Å². The van der Waals surface area contributed by atoms with E-state index in [4.69, 9.17) is 19.9 Å². The minimum atomic E-state index is -0.0573. The molecule has 0 saturated carbocycles. The fourth-order valence-corrected chi connectivity index (χ4v) is 4.20. The Kier molecular flexibility index (Phi) is 7.96. The number of methoxy groups -OCH3 is 1. The zero-order valence-electron chi connectivity index (χ0n) is 19.3. The molecule has 1 fully saturated rings. The number of nitrogen functional groups attached to an aromatic ring is 1. The van der Waals surface area contributed by atoms with Crippen molar-refractivity contribution in [3.8, 4) is 11.8 Å². The van der Waals surface area contributed by atoms with E-state index in [1.807, 2.05) is 24.3 Å². The lowest BCUT2D eigenvalue weighted by Crippen LogP contribution is -2.31. The Morgan fingerprint density at radius 2 is 1.79 bits per heavy atom. The summed E-state index contributed by atoms with van der Waals surface area (Å²) in [5.74, 6) is 1.57. The molecule has 2 aliphatic rings. The Hall–Kier alpha value is -2.91. The number of piperidine rings is 1. The first-order chi connectivity index (χ1) is 16.1. The molecule has 2 aromatic rings. The van der Waals surface area contributed by atoms with Gasteiger partial charge in [0.05, 0.1) is 26.2 Å². The maximum Gasteiger partial charge on any atom is 0.320 e. The molecule has 9 nitrogen and oxygen atoms in total. The minimum Gasteiger partial charge on any atom is -0.494 e. The minimum absolute atomic E-state index is 0.0573. The van der Waals surface area contributed by atoms with Gasteiger partial charge in [0, 0.05) is 19.2 Å². The van der Waals surface area contributed by atoms with Crippen molar-refractivity contribution in [3.05, 3.63) is 35.4 Å². The summed E-state index contributed by atoms with van der Waals surface area (Å²) in [4.78, 5) is 25.4. The number of rotatable bonds is 11. The van der Waals surface area contributed by atoms with Gasteiger partial charge in [0.15, 0.2) is 0 Å². The predicted octanol–water partition coefficient (Wildman–Crippen LogP) is 2.43. The number of carbonyl (C=O) groups is 1. The van der Waals surface area contributed by atoms with Gasteiger partial charge in [-0.05, 0) is 50.0 Å². The number of hydrogen-bond acceptors (Lipinski definition) is 8. The molecule has 9 heteroatoms. The summed E-state index contributed by atoms with van der Waals surface area (Å²) in [6.07, 6.45) is 5.20. The van der Waals surface area contributed by atoms with Gasteiger partial charge in [-0.2, -0.15) is 9.97 Å². The monoisotopic (exact) mass is 455 g/mol. The van der Waals surface area contributed by atoms with Crippen molar-refractivity contribution in [1.29, 1.82) is 0 Å². The van der Waals surface area contributed by atoms with E-state index in [9.17, 15) is 4.79 Å². The van der Waals surface area contributed by atoms with Gasteiger partial charge in [-0.15, -0.1) is 0 Å². The van der Waals surface area contributed by atoms with Crippen LogP contribution in [-0.2, 0) is 22.5 Å². The molecule has 0 aliphatic carbocycles. The van der Waals surface area contributed by atoms with Gasteiger partial charge < -0.3 is 24.8 Å². The van der Waals surface area contributed by atoms with Gasteiger partial charge >= 0.3 is 6.01 Å². The molecule has 2 aliphatic heterocycles. The van der Waals surface area contributed by atoms with E-state index >= 15 is 0 Å². The number of likely N-dealkylation sites (tertiary alicyclic amines) is 1. The summed E-state index contributed by atoms with van der Waals surface area (Å²) in [5, 5.41) is 0. The van der Waals surface area contributed by atoms with E-state index in [1.54, 1.807) is 12.0 Å². The van der Waals surface area contributed by atoms with Crippen LogP contribution in [0.3, 0.4) is 0 Å². The number of amides is 1. The number of aromatic nitrogens is 2. The highest BCUT2D eigenvalue weighted by Gasteiger charge is 2.32. The molecular formula is C24H33N5O4. The number of benzene rings is 1. The van der Waals surface area contributed by atoms with Crippen molar-refractivity contribution in [1.82, 2.24) is 14.9 Å². The Bertz CT molecular complexity index is 931. The average Bonchev–Trinajstić information content (AvgIpc) is 3.14. The van der Waals surface area contributed by atoms with Crippen LogP contribution in [0.4, 0.5) is 11.6 Å². The van der Waals surface area contributed by atoms with Crippen LogP contribution >= 0.6 is 0 Å². The molecule has 178 valence electrons. The lowest BCUT2D eigenvalue weighted by molar-refractivity contribution is -0.117. The number of ether oxygens (including phenoxy) is 3. The highest BCUT2D eigenvalue weighted by atomic mass is 16.5. The van der Waals surface area contributed by atoms with Crippen molar-refractivity contribution in [2.45, 2.75) is 38.6 Å². The van der Waals surface area contributed by atoms with Gasteiger partial charge in [0.1, 0.15) is 24.0 Å². The lowest BCUT2D eigenvalue weighted by Gasteiger charge is -2.26. The number of fused-ring (bicyclic) bond motifs is 1. The third-order valence-corrected chi connectivity index (χ3v) is 6.00. The molecule has 0 unspecified atom stereocenters. The van der Waals surface area contributed by atoms with Crippen LogP contribution in [-0.4, -0.2) is 67.3 Å². The van der Waals surface area contributed by atoms with Crippen molar-refractivity contribution < 1.29 is 19.0 Å². The Labute approximate surface area is 194 Å². The molecule has 1 amide bonds. The van der Waals surface area contributed by atoms with Crippen LogP contribution in [0.2, 0.25) is 0 Å². The quantitative estimate of drug-likeness (QED) is 0.516. The summed E-state index contributed by atoms with van der Waals surface area (Å²) in [6, 6.07) is 8.00. The molecule has 33 heavy (non-hydrogen) atoms. The Morgan fingerprint density at radius 3 is 2.55 bits per heavy atom. The highest BCUT2D eigenvalue weighted by molar-refractivity contribution is 6.01. The Morgan fingerprint density at radius 1 is 1.00 bits per heavy atom. The van der Waals surface area contributed by atoms with E-state index in [1.165, 1.54) is 32.4 Å². The number of carbonyl (C=O) groups excluding carboxylic acids is 1. The Balaban J connectivity index is 1.32. The molecule has 0 radical (unpaired) electrons. The molecule has 0 spiro atoms. The molecule has 1 aromatic heterocycles. The van der Waals surface area contributed by atoms with Crippen molar-refractivity contribution >= 4 is 17.5 Å². The van der Waals surface area contributed by atoms with Crippen LogP contribution in [0.1, 0.15) is 36.8 Å². The maximum absolute atomic E-state index is 12.6. The summed E-state index contributed by atoms with van der Waals surface area (Å²) in [6.45, 7) is 5.34. The van der Waals surface area contributed by atoms with Crippen molar-refractivity contribution in [2.24, 2.45) is 0 Å². The van der Waals surface area contributed by atoms with Gasteiger partial charge in [0.2, 0.25) is 5.91 Å². The maximum atomic E-state index is 12.6. The number of anilines is 2. The highest BCUT2D eigenvalue weighted by Crippen LogP contribution is 2.33. The van der Waals surface area contributed by atoms with E-state index in [0.29, 0.717) is 37.7 Å². The molecule has 1 aromatic carbocycles. The summed E-state index contributed by atoms with van der Waals surface area (Å²) in [7, 11) is 1.59. The first-order valence-electron chi connectivity index (χ1n) is 11.7. The third-order valence-electron chi connectivity index (χ3n) is 6.00. The smallest absolute Gasteiger partial charge is 0.320 e. The second-order valence-electron chi connectivity index (χ2n) is 8.44. The standard InChI is InChI=1S/C24H33N5O4/c1-31-14-15-33-24-26-22(25)20-16-21(30)29(23(20)27-24)17-18-6-8-19(9-7-18)32-13-5-12-28-10-3-2-4-11-28/h6-9H,2-5,10-17H2,1H3,(H2,25,26,27). The van der Waals surface area contributed by atoms with Crippen molar-refractivity contribution in [2.75, 3.05) is 57.2 Å². The number of nitrogens with zero attached hydrogens (tertiary/aromatic N) is 4. The molecule has 2 N–H and O–H groups in total. The van der Waals surface area contributed by atoms with Gasteiger partial charge in [0.25, 0.3) is 0 Å². The fourth-order valence-electron chi connectivity index (χ4n) is 4.20. The normalized spacial score (nSPS) is 16.2. The second kappa shape index (κ2) is 11.3. The number of hydrogen-bond donors (Lipinski definition) is 1. The predicted molar refractivity (Wildman–Crippen MR) is 126 cm³/mol. The molecule has 0 atom stereocenters. The third kappa shape index (κ3) is 6.11. The van der Waals surface area contributed by atoms with E-state index in [0.717, 1.165) is 24.3 Å². The van der Waals surface area contributed by atoms with Crippen LogP contribution in [0.25, 0.3) is 0 Å². The van der Waals surface area contributed by atoms with E-state index in [2.05, 4.69) is 14.9 Å². The first kappa shape index (κ1) is 23.3. The van der Waals surface area contributed by atoms with Crippen LogP contribution in [0.5, 0.6) is 11.8 Å². The van der Waals surface area contributed by atoms with Gasteiger partial charge in [-0.3, -0.25) is 9.69 Å². The molecule has 1 saturated heterocycles. The average molecular weight is 456 g/mol. The molecule has 0 bridgehead atoms. The summed E-state index contributed by atoms with van der Waals surface area (Å²) < 4.78 is 16.4. The zero-order chi connectivity index (χ0) is 23.0. The summed E-state index contributed by atoms with van der Waals surface area (Å²) in [5.41, 5.74) is 7.69. The largest absolute Gasteiger partial charge is 0.494 e. The van der Waals surface area contributed by atoms with Crippen molar-refractivity contribution in [3.63, 3.8) is 0 Å². The van der Waals surface area contributed by atoms with Crippen LogP contribution in [0.15, 0.2) is 24.3 Å². The molecular weight excluding hydrogens is 422 g/mol. The SMILES string of the molecule is COCCOc1nc(N)c2c(n1)N(Cc1ccc(OCCCN3CCCCC3)cc1)C(=O)C2. The van der Waals surface area contributed by atoms with Gasteiger partial charge in [-0.25, -0.2) is 0 Å². The summed E-state index contributed by atoms with van der Waals surface area (Å²) >= 11 is 0. The lowest BCUT2D eigenvalue weighted by atomic mass is 10.1. The zero-order valence-corrected chi connectivity index (χ0v) is 19.3. The fraction of sp³-hybridized carbons (Fsp3) is 0.542. The van der Waals surface area contributed by atoms with Crippen LogP contribution in [0, 0.1) is 0 Å². The van der Waals surface area contributed by atoms with Crippen LogP contribution < -0.4 is 20.1 Å². The number of nitrogens with two attached hydrogens (primary N) is 1. The molecule has 3 heterocycles. The van der Waals surface area contributed by atoms with Gasteiger partial charge in [-0.1, -0.05) is 18.6 Å². The first-order valence-corrected chi connectivity index (χ1v) is 11.7.